The lowest BCUT2D eigenvalue weighted by Gasteiger charge is -2.31. The van der Waals surface area contributed by atoms with Crippen LogP contribution in [0.25, 0.3) is 0 Å². The first-order valence-corrected chi connectivity index (χ1v) is 8.35. The molecule has 0 amide bonds. The first-order valence-electron chi connectivity index (χ1n) is 7.47. The molecule has 0 aliphatic carbocycles. The summed E-state index contributed by atoms with van der Waals surface area (Å²) in [5.41, 5.74) is 1.63. The van der Waals surface area contributed by atoms with Crippen molar-refractivity contribution in [2.45, 2.75) is 66.8 Å². The molecule has 0 spiro atoms. The molecule has 1 heterocycles. The Bertz CT molecular complexity index is 365. The third-order valence-electron chi connectivity index (χ3n) is 3.92. The van der Waals surface area contributed by atoms with E-state index in [4.69, 9.17) is 0 Å². The van der Waals surface area contributed by atoms with Crippen molar-refractivity contribution >= 4 is 11.3 Å². The van der Waals surface area contributed by atoms with Crippen molar-refractivity contribution in [3.05, 3.63) is 16.1 Å². The molecule has 0 fully saturated rings. The normalized spacial score (nSPS) is 15.5. The molecule has 1 aromatic heterocycles. The molecule has 0 saturated heterocycles. The number of aryl methyl sites for hydroxylation is 1. The molecule has 0 saturated carbocycles. The van der Waals surface area contributed by atoms with Crippen molar-refractivity contribution < 1.29 is 0 Å². The summed E-state index contributed by atoms with van der Waals surface area (Å²) in [6.07, 6.45) is 3.47. The van der Waals surface area contributed by atoms with Gasteiger partial charge in [-0.15, -0.1) is 11.3 Å². The van der Waals surface area contributed by atoms with Gasteiger partial charge in [0.1, 0.15) is 0 Å². The van der Waals surface area contributed by atoms with E-state index in [-0.39, 0.29) is 0 Å². The van der Waals surface area contributed by atoms with Gasteiger partial charge in [0.15, 0.2) is 0 Å². The number of aromatic nitrogens is 1. The number of hydrogen-bond acceptors (Lipinski definition) is 3. The molecule has 1 rings (SSSR count). The highest BCUT2D eigenvalue weighted by Gasteiger charge is 2.23. The minimum absolute atomic E-state index is 0.379. The lowest BCUT2D eigenvalue weighted by Crippen LogP contribution is -2.36. The van der Waals surface area contributed by atoms with Crippen LogP contribution >= 0.6 is 11.3 Å². The van der Waals surface area contributed by atoms with Crippen molar-refractivity contribution in [3.8, 4) is 0 Å². The van der Waals surface area contributed by atoms with Crippen LogP contribution < -0.4 is 5.32 Å². The fraction of sp³-hybridized carbons (Fsp3) is 0.812. The van der Waals surface area contributed by atoms with Crippen LogP contribution in [-0.4, -0.2) is 17.6 Å². The van der Waals surface area contributed by atoms with Crippen LogP contribution in [0.4, 0.5) is 0 Å². The number of hydrogen-bond donors (Lipinski definition) is 1. The Labute approximate surface area is 123 Å². The summed E-state index contributed by atoms with van der Waals surface area (Å²) in [5, 5.41) is 7.08. The van der Waals surface area contributed by atoms with Crippen LogP contribution in [0, 0.1) is 18.3 Å². The maximum Gasteiger partial charge on any atom is 0.0897 e. The average molecular weight is 282 g/mol. The SMILES string of the molecule is CCCNC(Cc1csc(C)n1)CC(C)C(C)(C)C. The highest BCUT2D eigenvalue weighted by molar-refractivity contribution is 7.09. The third-order valence-corrected chi connectivity index (χ3v) is 4.74. The van der Waals surface area contributed by atoms with Crippen LogP contribution in [0.2, 0.25) is 0 Å². The molecule has 2 nitrogen and oxygen atoms in total. The first-order chi connectivity index (χ1) is 8.82. The van der Waals surface area contributed by atoms with E-state index < -0.39 is 0 Å². The summed E-state index contributed by atoms with van der Waals surface area (Å²) in [6.45, 7) is 14.8. The zero-order valence-corrected chi connectivity index (χ0v) is 14.2. The fourth-order valence-corrected chi connectivity index (χ4v) is 2.75. The minimum Gasteiger partial charge on any atom is -0.314 e. The van der Waals surface area contributed by atoms with Gasteiger partial charge in [-0.25, -0.2) is 4.98 Å². The Morgan fingerprint density at radius 2 is 2.05 bits per heavy atom. The van der Waals surface area contributed by atoms with E-state index in [2.05, 4.69) is 57.2 Å². The molecule has 2 unspecified atom stereocenters. The van der Waals surface area contributed by atoms with Crippen molar-refractivity contribution in [2.24, 2.45) is 11.3 Å². The predicted molar refractivity (Wildman–Crippen MR) is 85.9 cm³/mol. The zero-order valence-electron chi connectivity index (χ0n) is 13.4. The maximum atomic E-state index is 4.61. The van der Waals surface area contributed by atoms with E-state index in [0.717, 1.165) is 13.0 Å². The summed E-state index contributed by atoms with van der Waals surface area (Å²) < 4.78 is 0. The van der Waals surface area contributed by atoms with Gasteiger partial charge in [-0.1, -0.05) is 34.6 Å². The Kier molecular flexibility index (Phi) is 6.48. The van der Waals surface area contributed by atoms with Crippen LogP contribution in [-0.2, 0) is 6.42 Å². The second kappa shape index (κ2) is 7.39. The van der Waals surface area contributed by atoms with Crippen molar-refractivity contribution in [3.63, 3.8) is 0 Å². The summed E-state index contributed by atoms with van der Waals surface area (Å²) in [5.74, 6) is 0.710. The highest BCUT2D eigenvalue weighted by atomic mass is 32.1. The summed E-state index contributed by atoms with van der Waals surface area (Å²) in [6, 6.07) is 0.552. The Hall–Kier alpha value is -0.410. The van der Waals surface area contributed by atoms with E-state index >= 15 is 0 Å². The van der Waals surface area contributed by atoms with E-state index in [1.54, 1.807) is 11.3 Å². The number of nitrogens with zero attached hydrogens (tertiary/aromatic N) is 1. The second-order valence-corrected chi connectivity index (χ2v) is 7.78. The maximum absolute atomic E-state index is 4.61. The van der Waals surface area contributed by atoms with Gasteiger partial charge in [-0.3, -0.25) is 0 Å². The molecule has 1 N–H and O–H groups in total. The molecule has 0 bridgehead atoms. The smallest absolute Gasteiger partial charge is 0.0897 e. The van der Waals surface area contributed by atoms with Crippen LogP contribution in [0.3, 0.4) is 0 Å². The molecule has 0 radical (unpaired) electrons. The molecular weight excluding hydrogens is 252 g/mol. The summed E-state index contributed by atoms with van der Waals surface area (Å²) >= 11 is 1.76. The minimum atomic E-state index is 0.379. The van der Waals surface area contributed by atoms with Crippen LogP contribution in [0.15, 0.2) is 5.38 Å². The molecule has 110 valence electrons. The number of rotatable bonds is 7. The molecule has 0 aliphatic rings. The van der Waals surface area contributed by atoms with E-state index in [0.29, 0.717) is 17.4 Å². The fourth-order valence-electron chi connectivity index (χ4n) is 2.12. The summed E-state index contributed by atoms with van der Waals surface area (Å²) in [4.78, 5) is 4.61. The molecule has 1 aromatic rings. The van der Waals surface area contributed by atoms with Gasteiger partial charge >= 0.3 is 0 Å². The van der Waals surface area contributed by atoms with Crippen molar-refractivity contribution in [1.82, 2.24) is 10.3 Å². The molecule has 0 aliphatic heterocycles. The largest absolute Gasteiger partial charge is 0.314 e. The average Bonchev–Trinajstić information content (AvgIpc) is 2.70. The molecule has 19 heavy (non-hydrogen) atoms. The quantitative estimate of drug-likeness (QED) is 0.800. The Balaban J connectivity index is 2.61. The van der Waals surface area contributed by atoms with E-state index in [1.807, 2.05) is 0 Å². The van der Waals surface area contributed by atoms with Crippen LogP contribution in [0.5, 0.6) is 0 Å². The van der Waals surface area contributed by atoms with Gasteiger partial charge in [0.2, 0.25) is 0 Å². The van der Waals surface area contributed by atoms with Gasteiger partial charge in [0, 0.05) is 17.8 Å². The number of nitrogens with one attached hydrogen (secondary N) is 1. The zero-order chi connectivity index (χ0) is 14.5. The molecule has 3 heteroatoms. The molecule has 2 atom stereocenters. The standard InChI is InChI=1S/C16H30N2S/c1-7-8-17-14(9-12(2)16(4,5)6)10-15-11-19-13(3)18-15/h11-12,14,17H,7-10H2,1-6H3. The second-order valence-electron chi connectivity index (χ2n) is 6.72. The lowest BCUT2D eigenvalue weighted by molar-refractivity contribution is 0.221. The van der Waals surface area contributed by atoms with Crippen LogP contribution in [0.1, 0.15) is 58.2 Å². The third kappa shape index (κ3) is 6.05. The molecular formula is C16H30N2S. The van der Waals surface area contributed by atoms with Gasteiger partial charge in [-0.05, 0) is 37.6 Å². The van der Waals surface area contributed by atoms with Gasteiger partial charge in [0.05, 0.1) is 10.7 Å². The van der Waals surface area contributed by atoms with Gasteiger partial charge in [-0.2, -0.15) is 0 Å². The monoisotopic (exact) mass is 282 g/mol. The topological polar surface area (TPSA) is 24.9 Å². The highest BCUT2D eigenvalue weighted by Crippen LogP contribution is 2.29. The van der Waals surface area contributed by atoms with E-state index in [1.165, 1.54) is 23.5 Å². The Morgan fingerprint density at radius 1 is 1.37 bits per heavy atom. The Morgan fingerprint density at radius 3 is 2.53 bits per heavy atom. The van der Waals surface area contributed by atoms with Crippen molar-refractivity contribution in [2.75, 3.05) is 6.54 Å². The first kappa shape index (κ1) is 16.6. The summed E-state index contributed by atoms with van der Waals surface area (Å²) in [7, 11) is 0. The predicted octanol–water partition coefficient (Wildman–Crippen LogP) is 4.43. The lowest BCUT2D eigenvalue weighted by atomic mass is 9.78. The molecule has 0 aromatic carbocycles. The van der Waals surface area contributed by atoms with Gasteiger partial charge in [0.25, 0.3) is 0 Å². The van der Waals surface area contributed by atoms with Gasteiger partial charge < -0.3 is 5.32 Å². The number of thiazole rings is 1. The van der Waals surface area contributed by atoms with Crippen molar-refractivity contribution in [1.29, 1.82) is 0 Å². The van der Waals surface area contributed by atoms with E-state index in [9.17, 15) is 0 Å².